The third-order valence-electron chi connectivity index (χ3n) is 1.74. The van der Waals surface area contributed by atoms with Crippen LogP contribution in [0.25, 0.3) is 10.8 Å². The Morgan fingerprint density at radius 2 is 2.15 bits per heavy atom. The van der Waals surface area contributed by atoms with Crippen molar-refractivity contribution in [2.45, 2.75) is 0 Å². The molecule has 0 bridgehead atoms. The summed E-state index contributed by atoms with van der Waals surface area (Å²) in [4.78, 5) is 11.3. The first kappa shape index (κ1) is 8.72. The van der Waals surface area contributed by atoms with E-state index in [2.05, 4.69) is 26.1 Å². The average Bonchev–Trinajstić information content (AvgIpc) is 2.12. The molecule has 3 nitrogen and oxygen atoms in total. The summed E-state index contributed by atoms with van der Waals surface area (Å²) in [6.45, 7) is 0. The van der Waals surface area contributed by atoms with E-state index in [0.29, 0.717) is 15.8 Å². The maximum Gasteiger partial charge on any atom is 0.272 e. The Labute approximate surface area is 86.9 Å². The van der Waals surface area contributed by atoms with Crippen LogP contribution in [0, 0.1) is 0 Å². The van der Waals surface area contributed by atoms with E-state index in [-0.39, 0.29) is 5.56 Å². The van der Waals surface area contributed by atoms with Crippen molar-refractivity contribution in [1.82, 2.24) is 10.2 Å². The van der Waals surface area contributed by atoms with Gasteiger partial charge in [0.1, 0.15) is 0 Å². The minimum atomic E-state index is -0.230. The Bertz CT molecular complexity index is 523. The second-order valence-corrected chi connectivity index (χ2v) is 3.75. The van der Waals surface area contributed by atoms with Gasteiger partial charge in [0.05, 0.1) is 16.6 Å². The molecule has 2 aromatic rings. The van der Waals surface area contributed by atoms with Gasteiger partial charge in [0.15, 0.2) is 0 Å². The van der Waals surface area contributed by atoms with Crippen LogP contribution in [0.2, 0.25) is 5.02 Å². The Morgan fingerprint density at radius 1 is 1.38 bits per heavy atom. The van der Waals surface area contributed by atoms with Crippen LogP contribution >= 0.6 is 27.5 Å². The molecule has 66 valence electrons. The Kier molecular flexibility index (Phi) is 2.09. The van der Waals surface area contributed by atoms with E-state index in [1.54, 1.807) is 12.1 Å². The van der Waals surface area contributed by atoms with Gasteiger partial charge in [-0.05, 0) is 28.1 Å². The van der Waals surface area contributed by atoms with Crippen molar-refractivity contribution < 1.29 is 0 Å². The highest BCUT2D eigenvalue weighted by Gasteiger charge is 2.05. The Hall–Kier alpha value is -0.870. The molecule has 1 N–H and O–H groups in total. The van der Waals surface area contributed by atoms with Crippen molar-refractivity contribution in [3.8, 4) is 0 Å². The summed E-state index contributed by atoms with van der Waals surface area (Å²) in [6, 6.07) is 3.44. The van der Waals surface area contributed by atoms with Crippen LogP contribution < -0.4 is 5.56 Å². The molecule has 0 aliphatic rings. The molecule has 1 heterocycles. The predicted octanol–water partition coefficient (Wildman–Crippen LogP) is 2.34. The first-order chi connectivity index (χ1) is 6.20. The third-order valence-corrected chi connectivity index (χ3v) is 3.03. The lowest BCUT2D eigenvalue weighted by molar-refractivity contribution is 1.01. The minimum absolute atomic E-state index is 0.230. The summed E-state index contributed by atoms with van der Waals surface area (Å²) in [5, 5.41) is 7.72. The fraction of sp³-hybridized carbons (Fsp3) is 0. The van der Waals surface area contributed by atoms with E-state index in [0.717, 1.165) is 4.47 Å². The molecular formula is C8H4BrClN2O. The fourth-order valence-electron chi connectivity index (χ4n) is 1.11. The van der Waals surface area contributed by atoms with Crippen LogP contribution in [-0.4, -0.2) is 10.2 Å². The molecule has 0 aliphatic carbocycles. The molecule has 0 atom stereocenters. The van der Waals surface area contributed by atoms with Crippen molar-refractivity contribution in [3.05, 3.63) is 38.2 Å². The van der Waals surface area contributed by atoms with Crippen LogP contribution in [0.4, 0.5) is 0 Å². The van der Waals surface area contributed by atoms with Gasteiger partial charge in [-0.25, -0.2) is 5.10 Å². The van der Waals surface area contributed by atoms with Crippen LogP contribution in [0.5, 0.6) is 0 Å². The van der Waals surface area contributed by atoms with Crippen molar-refractivity contribution in [3.63, 3.8) is 0 Å². The molecule has 13 heavy (non-hydrogen) atoms. The standard InChI is InChI=1S/C8H4BrClN2O/c9-6-2-1-4-5(7(6)10)3-11-12-8(4)13/h1-3H,(H,12,13). The summed E-state index contributed by atoms with van der Waals surface area (Å²) >= 11 is 9.23. The topological polar surface area (TPSA) is 45.8 Å². The molecule has 0 saturated heterocycles. The fourth-order valence-corrected chi connectivity index (χ4v) is 1.67. The largest absolute Gasteiger partial charge is 0.272 e. The van der Waals surface area contributed by atoms with Gasteiger partial charge in [-0.1, -0.05) is 11.6 Å². The van der Waals surface area contributed by atoms with Gasteiger partial charge < -0.3 is 0 Å². The molecule has 0 spiro atoms. The number of H-pyrrole nitrogens is 1. The van der Waals surface area contributed by atoms with Gasteiger partial charge in [0, 0.05) is 9.86 Å². The summed E-state index contributed by atoms with van der Waals surface area (Å²) in [6.07, 6.45) is 1.53. The van der Waals surface area contributed by atoms with Gasteiger partial charge >= 0.3 is 0 Å². The number of nitrogens with zero attached hydrogens (tertiary/aromatic N) is 1. The zero-order chi connectivity index (χ0) is 9.42. The summed E-state index contributed by atoms with van der Waals surface area (Å²) < 4.78 is 0.758. The maximum absolute atomic E-state index is 11.3. The molecule has 0 saturated carbocycles. The SMILES string of the molecule is O=c1[nH]ncc2c(Cl)c(Br)ccc12. The van der Waals surface area contributed by atoms with Crippen molar-refractivity contribution in [2.75, 3.05) is 0 Å². The lowest BCUT2D eigenvalue weighted by atomic mass is 10.2. The molecule has 5 heteroatoms. The van der Waals surface area contributed by atoms with Crippen molar-refractivity contribution >= 4 is 38.3 Å². The van der Waals surface area contributed by atoms with Crippen molar-refractivity contribution in [1.29, 1.82) is 0 Å². The molecule has 0 fully saturated rings. The number of aromatic nitrogens is 2. The van der Waals surface area contributed by atoms with Gasteiger partial charge in [0.25, 0.3) is 5.56 Å². The lowest BCUT2D eigenvalue weighted by Gasteiger charge is -1.99. The number of nitrogens with one attached hydrogen (secondary N) is 1. The molecular weight excluding hydrogens is 255 g/mol. The van der Waals surface area contributed by atoms with E-state index in [9.17, 15) is 4.79 Å². The van der Waals surface area contributed by atoms with E-state index in [4.69, 9.17) is 11.6 Å². The molecule has 0 unspecified atom stereocenters. The molecule has 1 aromatic carbocycles. The highest BCUT2D eigenvalue weighted by Crippen LogP contribution is 2.28. The van der Waals surface area contributed by atoms with Crippen LogP contribution in [0.15, 0.2) is 27.6 Å². The summed E-state index contributed by atoms with van der Waals surface area (Å²) in [7, 11) is 0. The van der Waals surface area contributed by atoms with Gasteiger partial charge in [-0.3, -0.25) is 4.79 Å². The lowest BCUT2D eigenvalue weighted by Crippen LogP contribution is -2.07. The Balaban J connectivity index is 3.03. The molecule has 0 radical (unpaired) electrons. The van der Waals surface area contributed by atoms with Crippen LogP contribution in [-0.2, 0) is 0 Å². The average molecular weight is 259 g/mol. The number of fused-ring (bicyclic) bond motifs is 1. The highest BCUT2D eigenvalue weighted by atomic mass is 79.9. The van der Waals surface area contributed by atoms with E-state index >= 15 is 0 Å². The molecule has 0 amide bonds. The van der Waals surface area contributed by atoms with Crippen LogP contribution in [0.1, 0.15) is 0 Å². The number of rotatable bonds is 0. The van der Waals surface area contributed by atoms with Gasteiger partial charge in [-0.2, -0.15) is 5.10 Å². The molecule has 0 aliphatic heterocycles. The summed E-state index contributed by atoms with van der Waals surface area (Å²) in [5.74, 6) is 0. The maximum atomic E-state index is 11.3. The number of hydrogen-bond acceptors (Lipinski definition) is 2. The molecule has 1 aromatic heterocycles. The normalized spacial score (nSPS) is 10.6. The van der Waals surface area contributed by atoms with Gasteiger partial charge in [0.2, 0.25) is 0 Å². The van der Waals surface area contributed by atoms with Crippen LogP contribution in [0.3, 0.4) is 0 Å². The highest BCUT2D eigenvalue weighted by molar-refractivity contribution is 9.10. The number of benzene rings is 1. The number of aromatic amines is 1. The van der Waals surface area contributed by atoms with Gasteiger partial charge in [-0.15, -0.1) is 0 Å². The van der Waals surface area contributed by atoms with E-state index in [1.165, 1.54) is 6.20 Å². The summed E-state index contributed by atoms with van der Waals surface area (Å²) in [5.41, 5.74) is -0.230. The quantitative estimate of drug-likeness (QED) is 0.789. The zero-order valence-corrected chi connectivity index (χ0v) is 8.69. The predicted molar refractivity (Wildman–Crippen MR) is 55.1 cm³/mol. The minimum Gasteiger partial charge on any atom is -0.267 e. The number of hydrogen-bond donors (Lipinski definition) is 1. The van der Waals surface area contributed by atoms with Crippen molar-refractivity contribution in [2.24, 2.45) is 0 Å². The third kappa shape index (κ3) is 1.36. The first-order valence-electron chi connectivity index (χ1n) is 3.51. The van der Waals surface area contributed by atoms with E-state index < -0.39 is 0 Å². The smallest absolute Gasteiger partial charge is 0.267 e. The monoisotopic (exact) mass is 258 g/mol. The molecule has 2 rings (SSSR count). The first-order valence-corrected chi connectivity index (χ1v) is 4.68. The van der Waals surface area contributed by atoms with E-state index in [1.807, 2.05) is 0 Å². The second kappa shape index (κ2) is 3.12. The second-order valence-electron chi connectivity index (χ2n) is 2.52. The Morgan fingerprint density at radius 3 is 2.92 bits per heavy atom. The zero-order valence-electron chi connectivity index (χ0n) is 6.34. The number of halogens is 2.